The van der Waals surface area contributed by atoms with Crippen molar-refractivity contribution in [3.8, 4) is 5.75 Å². The Kier molecular flexibility index (Phi) is 4.70. The molecule has 3 heterocycles. The van der Waals surface area contributed by atoms with Gasteiger partial charge in [-0.3, -0.25) is 4.99 Å². The third-order valence-corrected chi connectivity index (χ3v) is 5.04. The Hall–Kier alpha value is -3.03. The molecule has 1 aromatic carbocycles. The molecular weight excluding hydrogens is 344 g/mol. The maximum Gasteiger partial charge on any atom is 0.321 e. The number of ether oxygens (including phenoxy) is 1. The van der Waals surface area contributed by atoms with E-state index >= 15 is 0 Å². The molecule has 1 fully saturated rings. The van der Waals surface area contributed by atoms with Gasteiger partial charge in [0.25, 0.3) is 0 Å². The first kappa shape index (κ1) is 17.4. The number of amidine groups is 1. The summed E-state index contributed by atoms with van der Waals surface area (Å²) in [4.78, 5) is 27.8. The first-order valence-corrected chi connectivity index (χ1v) is 9.17. The Morgan fingerprint density at radius 1 is 1.26 bits per heavy atom. The third-order valence-electron chi connectivity index (χ3n) is 5.04. The molecule has 1 saturated heterocycles. The highest BCUT2D eigenvalue weighted by molar-refractivity contribution is 6.03. The molecule has 1 atom stereocenters. The molecule has 0 aliphatic carbocycles. The van der Waals surface area contributed by atoms with Crippen molar-refractivity contribution in [1.29, 1.82) is 0 Å². The van der Waals surface area contributed by atoms with Crippen molar-refractivity contribution in [3.63, 3.8) is 0 Å². The molecule has 0 saturated carbocycles. The van der Waals surface area contributed by atoms with Gasteiger partial charge < -0.3 is 24.8 Å². The molecule has 0 radical (unpaired) electrons. The molecule has 0 spiro atoms. The molecule has 3 aliphatic heterocycles. The summed E-state index contributed by atoms with van der Waals surface area (Å²) >= 11 is 0. The first-order valence-electron chi connectivity index (χ1n) is 9.17. The van der Waals surface area contributed by atoms with E-state index < -0.39 is 0 Å². The van der Waals surface area contributed by atoms with Crippen molar-refractivity contribution in [2.75, 3.05) is 45.2 Å². The van der Waals surface area contributed by atoms with Gasteiger partial charge in [-0.15, -0.1) is 0 Å². The van der Waals surface area contributed by atoms with E-state index in [-0.39, 0.29) is 6.03 Å². The van der Waals surface area contributed by atoms with Crippen molar-refractivity contribution in [1.82, 2.24) is 14.7 Å². The Morgan fingerprint density at radius 3 is 2.85 bits per heavy atom. The van der Waals surface area contributed by atoms with Crippen LogP contribution < -0.4 is 10.1 Å². The average Bonchev–Trinajstić information content (AvgIpc) is 3.08. The highest BCUT2D eigenvalue weighted by Gasteiger charge is 2.28. The number of urea groups is 1. The molecule has 8 heteroatoms. The predicted molar refractivity (Wildman–Crippen MR) is 105 cm³/mol. The fourth-order valence-corrected chi connectivity index (χ4v) is 3.40. The number of nitrogens with zero attached hydrogens (tertiary/aromatic N) is 5. The van der Waals surface area contributed by atoms with Gasteiger partial charge in [-0.1, -0.05) is 6.07 Å². The van der Waals surface area contributed by atoms with Crippen LogP contribution in [-0.4, -0.2) is 78.8 Å². The van der Waals surface area contributed by atoms with Crippen LogP contribution in [-0.2, 0) is 0 Å². The molecule has 142 valence electrons. The average molecular weight is 368 g/mol. The highest BCUT2D eigenvalue weighted by Crippen LogP contribution is 2.20. The number of carbonyl (C=O) groups is 1. The van der Waals surface area contributed by atoms with Crippen LogP contribution in [0, 0.1) is 0 Å². The van der Waals surface area contributed by atoms with Gasteiger partial charge in [0.05, 0.1) is 26.0 Å². The summed E-state index contributed by atoms with van der Waals surface area (Å²) in [6.45, 7) is 5.74. The molecule has 4 rings (SSSR count). The Balaban J connectivity index is 1.33. The number of piperazine rings is 1. The van der Waals surface area contributed by atoms with Crippen LogP contribution in [0.3, 0.4) is 0 Å². The zero-order valence-corrected chi connectivity index (χ0v) is 15.6. The smallest absolute Gasteiger partial charge is 0.321 e. The summed E-state index contributed by atoms with van der Waals surface area (Å²) in [5.41, 5.74) is 0.731. The molecule has 2 amide bonds. The number of nitrogens with one attached hydrogen (secondary N) is 1. The van der Waals surface area contributed by atoms with Crippen molar-refractivity contribution >= 4 is 23.9 Å². The lowest BCUT2D eigenvalue weighted by Gasteiger charge is -2.37. The fourth-order valence-electron chi connectivity index (χ4n) is 3.40. The van der Waals surface area contributed by atoms with E-state index in [2.05, 4.69) is 32.0 Å². The second kappa shape index (κ2) is 7.30. The minimum atomic E-state index is -0.0933. The zero-order chi connectivity index (χ0) is 18.8. The maximum absolute atomic E-state index is 12.5. The quantitative estimate of drug-likeness (QED) is 0.884. The van der Waals surface area contributed by atoms with Gasteiger partial charge >= 0.3 is 6.03 Å². The molecule has 1 aromatic rings. The lowest BCUT2D eigenvalue weighted by molar-refractivity contribution is 0.166. The number of rotatable bonds is 3. The van der Waals surface area contributed by atoms with E-state index in [1.807, 2.05) is 41.6 Å². The number of fused-ring (bicyclic) bond motifs is 1. The van der Waals surface area contributed by atoms with E-state index in [9.17, 15) is 4.79 Å². The highest BCUT2D eigenvalue weighted by atomic mass is 16.5. The van der Waals surface area contributed by atoms with Crippen LogP contribution >= 0.6 is 0 Å². The molecule has 1 N–H and O–H groups in total. The molecule has 1 unspecified atom stereocenters. The number of amides is 2. The van der Waals surface area contributed by atoms with Crippen molar-refractivity contribution < 1.29 is 9.53 Å². The summed E-state index contributed by atoms with van der Waals surface area (Å²) < 4.78 is 5.20. The second-order valence-corrected chi connectivity index (χ2v) is 6.84. The topological polar surface area (TPSA) is 72.8 Å². The molecule has 3 aliphatic rings. The Bertz CT molecular complexity index is 810. The number of anilines is 1. The van der Waals surface area contributed by atoms with Gasteiger partial charge in [-0.25, -0.2) is 9.79 Å². The predicted octanol–water partition coefficient (Wildman–Crippen LogP) is 1.83. The lowest BCUT2D eigenvalue weighted by Crippen LogP contribution is -2.50. The molecular formula is C19H24N6O2. The molecule has 0 aromatic heterocycles. The van der Waals surface area contributed by atoms with Crippen LogP contribution in [0.25, 0.3) is 0 Å². The van der Waals surface area contributed by atoms with Gasteiger partial charge in [0, 0.05) is 44.0 Å². The number of carbonyl (C=O) groups excluding carboxylic acids is 1. The van der Waals surface area contributed by atoms with Crippen LogP contribution in [0.5, 0.6) is 5.75 Å². The van der Waals surface area contributed by atoms with Gasteiger partial charge in [-0.2, -0.15) is 0 Å². The number of methoxy groups -OCH3 is 1. The molecule has 27 heavy (non-hydrogen) atoms. The summed E-state index contributed by atoms with van der Waals surface area (Å²) in [6.07, 6.45) is 3.91. The van der Waals surface area contributed by atoms with Gasteiger partial charge in [0.15, 0.2) is 0 Å². The van der Waals surface area contributed by atoms with E-state index in [4.69, 9.17) is 4.74 Å². The van der Waals surface area contributed by atoms with Gasteiger partial charge in [-0.05, 0) is 19.1 Å². The zero-order valence-electron chi connectivity index (χ0n) is 15.6. The summed E-state index contributed by atoms with van der Waals surface area (Å²) in [7, 11) is 1.61. The van der Waals surface area contributed by atoms with E-state index in [1.165, 1.54) is 0 Å². The third kappa shape index (κ3) is 3.60. The number of benzene rings is 1. The van der Waals surface area contributed by atoms with Crippen LogP contribution in [0.15, 0.2) is 46.1 Å². The maximum atomic E-state index is 12.5. The van der Waals surface area contributed by atoms with E-state index in [0.29, 0.717) is 19.1 Å². The Labute approximate surface area is 158 Å². The normalized spacial score (nSPS) is 21.6. The SMILES string of the molecule is COc1cccc(NC(=O)N2CCN(C3=CC4=NCC(C)N4C=N3)CC2)c1. The first-order chi connectivity index (χ1) is 13.1. The van der Waals surface area contributed by atoms with E-state index in [0.717, 1.165) is 42.7 Å². The van der Waals surface area contributed by atoms with Crippen molar-refractivity contribution in [3.05, 3.63) is 36.2 Å². The lowest BCUT2D eigenvalue weighted by atomic mass is 10.2. The standard InChI is InChI=1S/C19H24N6O2/c1-14-12-20-18-11-17(21-13-25(14)18)23-6-8-24(9-7-23)19(26)22-15-4-3-5-16(10-15)27-2/h3-5,10-11,13-14H,6-9,12H2,1-2H3,(H,22,26). The van der Waals surface area contributed by atoms with E-state index in [1.54, 1.807) is 7.11 Å². The molecule has 0 bridgehead atoms. The minimum absolute atomic E-state index is 0.0933. The summed E-state index contributed by atoms with van der Waals surface area (Å²) in [5.74, 6) is 2.62. The van der Waals surface area contributed by atoms with Crippen molar-refractivity contribution in [2.45, 2.75) is 13.0 Å². The van der Waals surface area contributed by atoms with Gasteiger partial charge in [0.2, 0.25) is 0 Å². The van der Waals surface area contributed by atoms with Crippen LogP contribution in [0.4, 0.5) is 10.5 Å². The number of aliphatic imine (C=N–C) groups is 2. The summed E-state index contributed by atoms with van der Waals surface area (Å²) in [6, 6.07) is 7.65. The fraction of sp³-hybridized carbons (Fsp3) is 0.421. The minimum Gasteiger partial charge on any atom is -0.497 e. The van der Waals surface area contributed by atoms with Gasteiger partial charge in [0.1, 0.15) is 17.4 Å². The van der Waals surface area contributed by atoms with Crippen LogP contribution in [0.2, 0.25) is 0 Å². The summed E-state index contributed by atoms with van der Waals surface area (Å²) in [5, 5.41) is 2.93. The largest absolute Gasteiger partial charge is 0.497 e. The number of hydrogen-bond donors (Lipinski definition) is 1. The molecule has 8 nitrogen and oxygen atoms in total. The number of hydrogen-bond acceptors (Lipinski definition) is 6. The Morgan fingerprint density at radius 2 is 2.07 bits per heavy atom. The van der Waals surface area contributed by atoms with Crippen molar-refractivity contribution in [2.24, 2.45) is 9.98 Å². The second-order valence-electron chi connectivity index (χ2n) is 6.84. The monoisotopic (exact) mass is 368 g/mol. The van der Waals surface area contributed by atoms with Crippen LogP contribution in [0.1, 0.15) is 6.92 Å².